The number of nitrogen functional groups attached to an aromatic ring is 1. The number of carboxylic acid groups (broad SMARTS) is 1. The van der Waals surface area contributed by atoms with Crippen molar-refractivity contribution in [2.75, 3.05) is 17.2 Å². The number of thiophene rings is 1. The molecule has 1 aliphatic heterocycles. The number of nitrogens with zero attached hydrogens (tertiary/aromatic N) is 2. The van der Waals surface area contributed by atoms with E-state index in [0.717, 1.165) is 17.5 Å². The number of hydrogen-bond acceptors (Lipinski definition) is 9. The van der Waals surface area contributed by atoms with Crippen molar-refractivity contribution in [3.63, 3.8) is 0 Å². The molecule has 0 bridgehead atoms. The minimum absolute atomic E-state index is 0. The molecule has 10 nitrogen and oxygen atoms in total. The Balaban J connectivity index is 0.000000192. The fourth-order valence-corrected chi connectivity index (χ4v) is 4.35. The van der Waals surface area contributed by atoms with Gasteiger partial charge in [-0.1, -0.05) is 18.2 Å². The van der Waals surface area contributed by atoms with Gasteiger partial charge >= 0.3 is 5.97 Å². The lowest BCUT2D eigenvalue weighted by molar-refractivity contribution is 0.0683. The van der Waals surface area contributed by atoms with E-state index >= 15 is 0 Å². The highest BCUT2D eigenvalue weighted by atomic mass is 35.5. The Bertz CT molecular complexity index is 1470. The highest BCUT2D eigenvalue weighted by molar-refractivity contribution is 7.09. The van der Waals surface area contributed by atoms with Crippen LogP contribution in [0.1, 0.15) is 27.3 Å². The maximum absolute atomic E-state index is 11.6. The van der Waals surface area contributed by atoms with Crippen molar-refractivity contribution in [1.82, 2.24) is 9.97 Å². The zero-order valence-corrected chi connectivity index (χ0v) is 18.8. The summed E-state index contributed by atoms with van der Waals surface area (Å²) in [6, 6.07) is 6.17. The highest BCUT2D eigenvalue weighted by Crippen LogP contribution is 2.26. The fourth-order valence-electron chi connectivity index (χ4n) is 3.61. The van der Waals surface area contributed by atoms with Crippen molar-refractivity contribution in [3.05, 3.63) is 82.3 Å². The Morgan fingerprint density at radius 1 is 1.18 bits per heavy atom. The lowest BCUT2D eigenvalue weighted by Gasteiger charge is -2.31. The fraction of sp³-hybridized carbons (Fsp3) is 0.190. The minimum Gasteiger partial charge on any atom is -0.475 e. The lowest BCUT2D eigenvalue weighted by atomic mass is 9.96. The summed E-state index contributed by atoms with van der Waals surface area (Å²) in [4.78, 5) is 52.3. The number of carboxylic acids is 1. The third-order valence-corrected chi connectivity index (χ3v) is 6.04. The summed E-state index contributed by atoms with van der Waals surface area (Å²) in [5, 5.41) is 12.3. The summed E-state index contributed by atoms with van der Waals surface area (Å²) in [5.41, 5.74) is 14.2. The van der Waals surface area contributed by atoms with Gasteiger partial charge < -0.3 is 26.5 Å². The molecule has 0 saturated heterocycles. The molecule has 0 atom stereocenters. The van der Waals surface area contributed by atoms with Crippen LogP contribution in [-0.4, -0.2) is 27.6 Å². The smallest absolute Gasteiger partial charge is 0.372 e. The molecule has 6 N–H and O–H groups in total. The normalized spacial score (nSPS) is 12.6. The molecular weight excluding hydrogens is 470 g/mol. The number of anilines is 2. The van der Waals surface area contributed by atoms with Crippen LogP contribution in [0.3, 0.4) is 0 Å². The first-order chi connectivity index (χ1) is 15.3. The van der Waals surface area contributed by atoms with Gasteiger partial charge in [0.1, 0.15) is 11.4 Å². The molecule has 0 amide bonds. The lowest BCUT2D eigenvalue weighted by Crippen LogP contribution is -2.44. The number of nitrogens with two attached hydrogens (primary N) is 2. The Kier molecular flexibility index (Phi) is 6.96. The number of aromatic amines is 1. The molecule has 2 aromatic heterocycles. The molecule has 1 aliphatic rings. The van der Waals surface area contributed by atoms with E-state index in [1.54, 1.807) is 10.8 Å². The van der Waals surface area contributed by atoms with Gasteiger partial charge in [0.25, 0.3) is 16.4 Å². The largest absolute Gasteiger partial charge is 0.475 e. The molecule has 0 radical (unpaired) electrons. The summed E-state index contributed by atoms with van der Waals surface area (Å²) in [6.07, 6.45) is 0.846. The van der Waals surface area contributed by atoms with Gasteiger partial charge in [-0.15, -0.1) is 23.7 Å². The van der Waals surface area contributed by atoms with Crippen molar-refractivity contribution in [3.8, 4) is 0 Å². The van der Waals surface area contributed by atoms with E-state index in [2.05, 4.69) is 22.1 Å². The maximum Gasteiger partial charge on any atom is 0.372 e. The van der Waals surface area contributed by atoms with Crippen LogP contribution in [0.2, 0.25) is 0 Å². The standard InChI is InChI=1S/C14H15N3O2.C7H4N2O3S.ClH/c15-6-8-1-2-9-3-4-17(7-10(9)5-8)12-11(16)13(18)14(12)19;10-6-3-1-13-2-4(3)8-5(9-6)7(11)12;/h1-2,5H,3-4,6-7,15-16H2;1-2H,(H,11,12)(H,8,9,10);1H. The zero-order valence-electron chi connectivity index (χ0n) is 17.2. The molecule has 0 aliphatic carbocycles. The summed E-state index contributed by atoms with van der Waals surface area (Å²) in [7, 11) is 0. The van der Waals surface area contributed by atoms with E-state index < -0.39 is 22.4 Å². The predicted molar refractivity (Wildman–Crippen MR) is 129 cm³/mol. The maximum atomic E-state index is 11.6. The number of aromatic nitrogens is 2. The van der Waals surface area contributed by atoms with Gasteiger partial charge in [0.15, 0.2) is 0 Å². The quantitative estimate of drug-likeness (QED) is 0.306. The topological polar surface area (TPSA) is 172 Å². The summed E-state index contributed by atoms with van der Waals surface area (Å²) in [6.45, 7) is 1.82. The third-order valence-electron chi connectivity index (χ3n) is 5.31. The molecule has 4 aromatic rings. The number of aromatic carboxylic acids is 1. The summed E-state index contributed by atoms with van der Waals surface area (Å²) in [5.74, 6) is -1.55. The van der Waals surface area contributed by atoms with Crippen LogP contribution in [0.5, 0.6) is 0 Å². The van der Waals surface area contributed by atoms with Crippen LogP contribution >= 0.6 is 23.7 Å². The second-order valence-corrected chi connectivity index (χ2v) is 8.03. The molecule has 0 spiro atoms. The van der Waals surface area contributed by atoms with Crippen molar-refractivity contribution in [1.29, 1.82) is 0 Å². The van der Waals surface area contributed by atoms with Crippen LogP contribution in [0.4, 0.5) is 11.4 Å². The van der Waals surface area contributed by atoms with Gasteiger partial charge in [0.05, 0.1) is 10.9 Å². The number of benzene rings is 1. The van der Waals surface area contributed by atoms with E-state index in [9.17, 15) is 19.2 Å². The molecule has 12 heteroatoms. The Labute approximate surface area is 196 Å². The average molecular weight is 490 g/mol. The monoisotopic (exact) mass is 489 g/mol. The molecule has 0 unspecified atom stereocenters. The van der Waals surface area contributed by atoms with E-state index in [1.165, 1.54) is 16.9 Å². The zero-order chi connectivity index (χ0) is 23.0. The number of halogens is 1. The van der Waals surface area contributed by atoms with Gasteiger partial charge in [-0.2, -0.15) is 0 Å². The highest BCUT2D eigenvalue weighted by Gasteiger charge is 2.26. The summed E-state index contributed by atoms with van der Waals surface area (Å²) >= 11 is 1.31. The van der Waals surface area contributed by atoms with Crippen LogP contribution in [0, 0.1) is 0 Å². The molecule has 0 fully saturated rings. The van der Waals surface area contributed by atoms with Crippen LogP contribution in [-0.2, 0) is 19.5 Å². The molecule has 2 aromatic carbocycles. The van der Waals surface area contributed by atoms with Crippen molar-refractivity contribution >= 4 is 52.0 Å². The van der Waals surface area contributed by atoms with Crippen molar-refractivity contribution < 1.29 is 9.90 Å². The van der Waals surface area contributed by atoms with Gasteiger partial charge in [-0.3, -0.25) is 14.4 Å². The minimum atomic E-state index is -1.23. The number of rotatable bonds is 3. The van der Waals surface area contributed by atoms with Crippen LogP contribution in [0.25, 0.3) is 10.9 Å². The molecule has 3 heterocycles. The Morgan fingerprint density at radius 3 is 2.61 bits per heavy atom. The molecule has 0 saturated carbocycles. The van der Waals surface area contributed by atoms with Crippen molar-refractivity contribution in [2.45, 2.75) is 19.5 Å². The number of hydrogen-bond donors (Lipinski definition) is 4. The molecular formula is C21H20ClN5O5S. The number of fused-ring (bicyclic) bond motifs is 2. The second kappa shape index (κ2) is 9.53. The van der Waals surface area contributed by atoms with Gasteiger partial charge in [-0.25, -0.2) is 9.78 Å². The van der Waals surface area contributed by atoms with E-state index in [-0.39, 0.29) is 23.9 Å². The molecule has 172 valence electrons. The van der Waals surface area contributed by atoms with Gasteiger partial charge in [0.2, 0.25) is 5.82 Å². The Hall–Kier alpha value is -3.54. The number of H-pyrrole nitrogens is 1. The van der Waals surface area contributed by atoms with E-state index in [0.29, 0.717) is 36.2 Å². The SMILES string of the molecule is Cl.NCc1ccc2c(c1)CN(c1c(N)c(=O)c1=O)CC2.O=C(O)c1nc2cscc2c(=O)[nH]1. The Morgan fingerprint density at radius 2 is 1.94 bits per heavy atom. The second-order valence-electron chi connectivity index (χ2n) is 7.29. The molecule has 33 heavy (non-hydrogen) atoms. The number of carbonyl (C=O) groups is 1. The predicted octanol–water partition coefficient (Wildman–Crippen LogP) is 0.991. The van der Waals surface area contributed by atoms with E-state index in [4.69, 9.17) is 16.6 Å². The first kappa shape index (κ1) is 24.1. The van der Waals surface area contributed by atoms with Gasteiger partial charge in [0, 0.05) is 30.4 Å². The van der Waals surface area contributed by atoms with E-state index in [1.807, 2.05) is 11.0 Å². The van der Waals surface area contributed by atoms with Crippen LogP contribution < -0.4 is 32.8 Å². The summed E-state index contributed by atoms with van der Waals surface area (Å²) < 4.78 is 0. The van der Waals surface area contributed by atoms with Crippen LogP contribution in [0.15, 0.2) is 43.3 Å². The first-order valence-corrected chi connectivity index (χ1v) is 10.6. The molecule has 5 rings (SSSR count). The third kappa shape index (κ3) is 4.51. The van der Waals surface area contributed by atoms with Crippen molar-refractivity contribution in [2.24, 2.45) is 5.73 Å². The van der Waals surface area contributed by atoms with Gasteiger partial charge in [-0.05, 0) is 23.1 Å². The average Bonchev–Trinajstić information content (AvgIpc) is 3.28. The first-order valence-electron chi connectivity index (χ1n) is 9.64. The number of nitrogens with one attached hydrogen (secondary N) is 1.